The van der Waals surface area contributed by atoms with Crippen molar-refractivity contribution in [1.82, 2.24) is 14.8 Å². The van der Waals surface area contributed by atoms with Gasteiger partial charge >= 0.3 is 0 Å². The van der Waals surface area contributed by atoms with Crippen molar-refractivity contribution < 1.29 is 13.6 Å². The van der Waals surface area contributed by atoms with Crippen LogP contribution >= 0.6 is 0 Å². The van der Waals surface area contributed by atoms with E-state index in [1.54, 1.807) is 6.92 Å². The molecule has 5 nitrogen and oxygen atoms in total. The highest BCUT2D eigenvalue weighted by atomic mass is 19.3. The van der Waals surface area contributed by atoms with E-state index >= 15 is 0 Å². The van der Waals surface area contributed by atoms with Crippen LogP contribution in [0, 0.1) is 6.92 Å². The van der Waals surface area contributed by atoms with Crippen molar-refractivity contribution in [2.75, 3.05) is 5.32 Å². The molecule has 7 heteroatoms. The van der Waals surface area contributed by atoms with Gasteiger partial charge < -0.3 is 5.32 Å². The van der Waals surface area contributed by atoms with Crippen LogP contribution < -0.4 is 5.32 Å². The quantitative estimate of drug-likeness (QED) is 0.667. The van der Waals surface area contributed by atoms with E-state index in [-0.39, 0.29) is 23.9 Å². The molecule has 1 saturated carbocycles. The Morgan fingerprint density at radius 1 is 1.32 bits per heavy atom. The lowest BCUT2D eigenvalue weighted by atomic mass is 10.1. The van der Waals surface area contributed by atoms with Gasteiger partial charge in [0, 0.05) is 22.9 Å². The molecule has 1 aromatic carbocycles. The molecule has 1 N–H and O–H groups in total. The molecule has 0 spiro atoms. The fraction of sp³-hybridized carbons (Fsp3) is 0.381. The first-order valence-electron chi connectivity index (χ1n) is 9.51. The van der Waals surface area contributed by atoms with Crippen molar-refractivity contribution in [3.05, 3.63) is 52.8 Å². The molecular formula is C21H22F2N4O. The first-order valence-corrected chi connectivity index (χ1v) is 9.51. The van der Waals surface area contributed by atoms with Gasteiger partial charge in [0.2, 0.25) is 5.91 Å². The van der Waals surface area contributed by atoms with Crippen molar-refractivity contribution in [3.63, 3.8) is 0 Å². The zero-order chi connectivity index (χ0) is 19.8. The Labute approximate surface area is 161 Å². The third-order valence-corrected chi connectivity index (χ3v) is 5.12. The Morgan fingerprint density at radius 2 is 2.07 bits per heavy atom. The molecule has 2 heterocycles. The highest BCUT2D eigenvalue weighted by molar-refractivity contribution is 5.92. The molecule has 0 saturated heterocycles. The van der Waals surface area contributed by atoms with Crippen LogP contribution in [0.3, 0.4) is 0 Å². The van der Waals surface area contributed by atoms with E-state index in [2.05, 4.69) is 15.4 Å². The van der Waals surface area contributed by atoms with Gasteiger partial charge in [0.1, 0.15) is 6.54 Å². The number of alkyl halides is 2. The largest absolute Gasteiger partial charge is 0.324 e. The van der Waals surface area contributed by atoms with Gasteiger partial charge in [0.25, 0.3) is 6.43 Å². The zero-order valence-corrected chi connectivity index (χ0v) is 15.9. The van der Waals surface area contributed by atoms with Crippen LogP contribution in [-0.2, 0) is 17.8 Å². The molecule has 2 aromatic heterocycles. The van der Waals surface area contributed by atoms with Crippen LogP contribution in [0.25, 0.3) is 11.0 Å². The first-order chi connectivity index (χ1) is 13.5. The van der Waals surface area contributed by atoms with E-state index in [0.29, 0.717) is 22.4 Å². The Bertz CT molecular complexity index is 1040. The van der Waals surface area contributed by atoms with Crippen LogP contribution in [-0.4, -0.2) is 20.7 Å². The second-order valence-corrected chi connectivity index (χ2v) is 7.21. The molecule has 4 rings (SSSR count). The van der Waals surface area contributed by atoms with Gasteiger partial charge in [-0.05, 0) is 43.9 Å². The van der Waals surface area contributed by atoms with Crippen molar-refractivity contribution in [3.8, 4) is 0 Å². The zero-order valence-electron chi connectivity index (χ0n) is 15.9. The van der Waals surface area contributed by atoms with Crippen LogP contribution in [0.4, 0.5) is 14.5 Å². The number of nitrogens with zero attached hydrogens (tertiary/aromatic N) is 3. The number of para-hydroxylation sites is 1. The number of halogens is 2. The van der Waals surface area contributed by atoms with E-state index in [1.807, 2.05) is 31.2 Å². The van der Waals surface area contributed by atoms with Gasteiger partial charge in [-0.3, -0.25) is 4.79 Å². The molecule has 146 valence electrons. The second kappa shape index (κ2) is 7.30. The molecule has 0 unspecified atom stereocenters. The topological polar surface area (TPSA) is 59.8 Å². The fourth-order valence-corrected chi connectivity index (χ4v) is 3.55. The fourth-order valence-electron chi connectivity index (χ4n) is 3.55. The minimum atomic E-state index is -2.61. The molecule has 0 aliphatic heterocycles. The highest BCUT2D eigenvalue weighted by Crippen LogP contribution is 2.41. The van der Waals surface area contributed by atoms with E-state index in [0.717, 1.165) is 30.5 Å². The summed E-state index contributed by atoms with van der Waals surface area (Å²) in [4.78, 5) is 17.2. The van der Waals surface area contributed by atoms with Crippen molar-refractivity contribution >= 4 is 22.6 Å². The minimum Gasteiger partial charge on any atom is -0.324 e. The van der Waals surface area contributed by atoms with Crippen LogP contribution in [0.15, 0.2) is 30.3 Å². The van der Waals surface area contributed by atoms with Gasteiger partial charge in [-0.1, -0.05) is 25.1 Å². The lowest BCUT2D eigenvalue weighted by molar-refractivity contribution is -0.116. The number of carbonyl (C=O) groups excluding carboxylic acids is 1. The molecule has 1 aliphatic rings. The number of nitrogens with one attached hydrogen (secondary N) is 1. The summed E-state index contributed by atoms with van der Waals surface area (Å²) < 4.78 is 28.7. The predicted octanol–water partition coefficient (Wildman–Crippen LogP) is 4.76. The lowest BCUT2D eigenvalue weighted by Crippen LogP contribution is -2.20. The molecule has 1 amide bonds. The van der Waals surface area contributed by atoms with E-state index < -0.39 is 6.43 Å². The molecule has 0 bridgehead atoms. The lowest BCUT2D eigenvalue weighted by Gasteiger charge is -2.10. The summed E-state index contributed by atoms with van der Waals surface area (Å²) in [6, 6.07) is 9.10. The highest BCUT2D eigenvalue weighted by Gasteiger charge is 2.29. The third-order valence-electron chi connectivity index (χ3n) is 5.12. The number of amides is 1. The number of hydrogen-bond donors (Lipinski definition) is 1. The minimum absolute atomic E-state index is 0.0487. The van der Waals surface area contributed by atoms with Gasteiger partial charge in [-0.15, -0.1) is 0 Å². The van der Waals surface area contributed by atoms with Crippen LogP contribution in [0.2, 0.25) is 0 Å². The maximum absolute atomic E-state index is 13.6. The Morgan fingerprint density at radius 3 is 2.75 bits per heavy atom. The SMILES string of the molecule is CCc1ccccc1NC(=O)Cn1nc(C)c2c(C(F)F)cc(C3CC3)nc21. The van der Waals surface area contributed by atoms with Gasteiger partial charge in [-0.25, -0.2) is 18.4 Å². The van der Waals surface area contributed by atoms with Crippen molar-refractivity contribution in [2.45, 2.75) is 52.0 Å². The number of hydrogen-bond acceptors (Lipinski definition) is 3. The summed E-state index contributed by atoms with van der Waals surface area (Å²) in [5, 5.41) is 7.58. The number of rotatable bonds is 6. The standard InChI is InChI=1S/C21H22F2N4O/c1-3-13-6-4-5-7-16(13)24-18(28)11-27-21-19(12(2)26-27)15(20(22)23)10-17(25-21)14-8-9-14/h4-7,10,14,20H,3,8-9,11H2,1-2H3,(H,24,28). The summed E-state index contributed by atoms with van der Waals surface area (Å²) in [5.74, 6) is -0.0293. The van der Waals surface area contributed by atoms with Gasteiger partial charge in [0.05, 0.1) is 11.1 Å². The average Bonchev–Trinajstić information content (AvgIpc) is 3.47. The number of aromatic nitrogens is 3. The summed E-state index contributed by atoms with van der Waals surface area (Å²) >= 11 is 0. The van der Waals surface area contributed by atoms with Crippen molar-refractivity contribution in [2.24, 2.45) is 0 Å². The number of aryl methyl sites for hydroxylation is 2. The van der Waals surface area contributed by atoms with Crippen molar-refractivity contribution in [1.29, 1.82) is 0 Å². The van der Waals surface area contributed by atoms with Crippen LogP contribution in [0.5, 0.6) is 0 Å². The van der Waals surface area contributed by atoms with E-state index in [1.165, 1.54) is 10.7 Å². The molecule has 3 aromatic rings. The molecular weight excluding hydrogens is 362 g/mol. The number of pyridine rings is 1. The summed E-state index contributed by atoms with van der Waals surface area (Å²) in [6.07, 6.45) is 0.111. The van der Waals surface area contributed by atoms with Gasteiger partial charge in [0.15, 0.2) is 5.65 Å². The smallest absolute Gasteiger partial charge is 0.264 e. The van der Waals surface area contributed by atoms with E-state index in [4.69, 9.17) is 0 Å². The molecule has 1 fully saturated rings. The summed E-state index contributed by atoms with van der Waals surface area (Å²) in [7, 11) is 0. The maximum Gasteiger partial charge on any atom is 0.264 e. The Hall–Kier alpha value is -2.83. The van der Waals surface area contributed by atoms with Crippen LogP contribution in [0.1, 0.15) is 54.6 Å². The Kier molecular flexibility index (Phi) is 4.83. The molecule has 28 heavy (non-hydrogen) atoms. The van der Waals surface area contributed by atoms with E-state index in [9.17, 15) is 13.6 Å². The van der Waals surface area contributed by atoms with Gasteiger partial charge in [-0.2, -0.15) is 5.10 Å². The predicted molar refractivity (Wildman–Crippen MR) is 104 cm³/mol. The summed E-state index contributed by atoms with van der Waals surface area (Å²) in [5.41, 5.74) is 3.22. The third kappa shape index (κ3) is 3.48. The maximum atomic E-state index is 13.6. The second-order valence-electron chi connectivity index (χ2n) is 7.21. The number of benzene rings is 1. The Balaban J connectivity index is 1.68. The molecule has 0 radical (unpaired) electrons. The average molecular weight is 384 g/mol. The number of fused-ring (bicyclic) bond motifs is 1. The summed E-state index contributed by atoms with van der Waals surface area (Å²) in [6.45, 7) is 3.62. The molecule has 0 atom stereocenters. The normalized spacial score (nSPS) is 14.0. The molecule has 1 aliphatic carbocycles. The monoisotopic (exact) mass is 384 g/mol. The first kappa shape index (κ1) is 18.5. The number of anilines is 1. The number of carbonyl (C=O) groups is 1.